The van der Waals surface area contributed by atoms with Gasteiger partial charge in [-0.3, -0.25) is 0 Å². The van der Waals surface area contributed by atoms with E-state index in [0.717, 1.165) is 32.1 Å². The minimum absolute atomic E-state index is 0.164. The minimum atomic E-state index is -0.380. The van der Waals surface area contributed by atoms with E-state index in [1.807, 2.05) is 7.05 Å². The predicted octanol–water partition coefficient (Wildman–Crippen LogP) is 2.83. The Morgan fingerprint density at radius 3 is 2.47 bits per heavy atom. The highest BCUT2D eigenvalue weighted by Gasteiger charge is 2.12. The summed E-state index contributed by atoms with van der Waals surface area (Å²) in [6, 6.07) is 3.80. The number of nitrogens with zero attached hydrogens (tertiary/aromatic N) is 1. The van der Waals surface area contributed by atoms with E-state index >= 15 is 0 Å². The van der Waals surface area contributed by atoms with Gasteiger partial charge in [0.05, 0.1) is 0 Å². The molecule has 1 N–H and O–H groups in total. The first-order valence-corrected chi connectivity index (χ1v) is 6.94. The molecule has 1 aromatic carbocycles. The molecule has 0 amide bonds. The van der Waals surface area contributed by atoms with Gasteiger partial charge in [-0.15, -0.1) is 0 Å². The highest BCUT2D eigenvalue weighted by Crippen LogP contribution is 2.13. The molecular weight excluding hydrogens is 246 g/mol. The summed E-state index contributed by atoms with van der Waals surface area (Å²) >= 11 is 0. The fraction of sp³-hybridized carbons (Fsp3) is 0.600. The molecule has 1 rings (SSSR count). The molecule has 0 aliphatic carbocycles. The second-order valence-corrected chi connectivity index (χ2v) is 4.74. The van der Waals surface area contributed by atoms with E-state index in [4.69, 9.17) is 0 Å². The Morgan fingerprint density at radius 2 is 1.89 bits per heavy atom. The van der Waals surface area contributed by atoms with Gasteiger partial charge >= 0.3 is 0 Å². The molecule has 0 heterocycles. The third-order valence-electron chi connectivity index (χ3n) is 3.57. The number of likely N-dealkylation sites (N-methyl/N-ethyl adjacent to an activating group) is 1. The average Bonchev–Trinajstić information content (AvgIpc) is 2.42. The van der Waals surface area contributed by atoms with Gasteiger partial charge in [0.2, 0.25) is 0 Å². The molecule has 0 aromatic heterocycles. The van der Waals surface area contributed by atoms with Gasteiger partial charge in [-0.1, -0.05) is 13.8 Å². The van der Waals surface area contributed by atoms with E-state index in [2.05, 4.69) is 24.1 Å². The molecule has 0 spiro atoms. The summed E-state index contributed by atoms with van der Waals surface area (Å²) in [5, 5.41) is 3.18. The summed E-state index contributed by atoms with van der Waals surface area (Å²) in [5.74, 6) is -0.709. The number of halogens is 2. The maximum atomic E-state index is 13.6. The van der Waals surface area contributed by atoms with Crippen LogP contribution < -0.4 is 5.32 Å². The van der Waals surface area contributed by atoms with Gasteiger partial charge < -0.3 is 10.2 Å². The van der Waals surface area contributed by atoms with Crippen molar-refractivity contribution < 1.29 is 8.78 Å². The van der Waals surface area contributed by atoms with Crippen LogP contribution in [0.5, 0.6) is 0 Å². The van der Waals surface area contributed by atoms with Crippen molar-refractivity contribution in [2.45, 2.75) is 32.7 Å². The smallest absolute Gasteiger partial charge is 0.126 e. The van der Waals surface area contributed by atoms with Crippen LogP contribution in [0.15, 0.2) is 18.2 Å². The highest BCUT2D eigenvalue weighted by molar-refractivity contribution is 5.19. The second kappa shape index (κ2) is 8.23. The first-order valence-electron chi connectivity index (χ1n) is 6.94. The van der Waals surface area contributed by atoms with Crippen molar-refractivity contribution in [1.29, 1.82) is 0 Å². The van der Waals surface area contributed by atoms with Crippen molar-refractivity contribution in [3.8, 4) is 0 Å². The van der Waals surface area contributed by atoms with Crippen LogP contribution in [-0.4, -0.2) is 37.6 Å². The molecule has 2 nitrogen and oxygen atoms in total. The molecule has 0 saturated heterocycles. The van der Waals surface area contributed by atoms with Gasteiger partial charge in [0.15, 0.2) is 0 Å². The molecule has 0 bridgehead atoms. The maximum absolute atomic E-state index is 13.6. The number of hydrogen-bond donors (Lipinski definition) is 1. The quantitative estimate of drug-likeness (QED) is 0.781. The SMILES string of the molecule is CCN(CC)CCC(Cc1cc(F)ccc1F)NC. The van der Waals surface area contributed by atoms with Crippen molar-refractivity contribution in [3.63, 3.8) is 0 Å². The number of rotatable bonds is 8. The molecule has 0 radical (unpaired) electrons. The molecule has 1 atom stereocenters. The third kappa shape index (κ3) is 5.25. The molecular formula is C15H24F2N2. The first kappa shape index (κ1) is 16.1. The Morgan fingerprint density at radius 1 is 1.21 bits per heavy atom. The lowest BCUT2D eigenvalue weighted by Crippen LogP contribution is -2.34. The van der Waals surface area contributed by atoms with Crippen molar-refractivity contribution in [2.75, 3.05) is 26.7 Å². The van der Waals surface area contributed by atoms with Crippen LogP contribution >= 0.6 is 0 Å². The lowest BCUT2D eigenvalue weighted by Gasteiger charge is -2.22. The minimum Gasteiger partial charge on any atom is -0.317 e. The predicted molar refractivity (Wildman–Crippen MR) is 75.3 cm³/mol. The number of nitrogens with one attached hydrogen (secondary N) is 1. The normalized spacial score (nSPS) is 12.9. The van der Waals surface area contributed by atoms with E-state index in [-0.39, 0.29) is 17.7 Å². The standard InChI is InChI=1S/C15H24F2N2/c1-4-19(5-2)9-8-14(18-3)11-12-10-13(16)6-7-15(12)17/h6-7,10,14,18H,4-5,8-9,11H2,1-3H3. The summed E-state index contributed by atoms with van der Waals surface area (Å²) in [7, 11) is 1.87. The van der Waals surface area contributed by atoms with E-state index in [1.54, 1.807) is 0 Å². The molecule has 4 heteroatoms. The average molecular weight is 270 g/mol. The first-order chi connectivity index (χ1) is 9.10. The molecule has 1 aromatic rings. The summed E-state index contributed by atoms with van der Waals surface area (Å²) in [5.41, 5.74) is 0.443. The fourth-order valence-electron chi connectivity index (χ4n) is 2.19. The van der Waals surface area contributed by atoms with Crippen LogP contribution in [0.3, 0.4) is 0 Å². The van der Waals surface area contributed by atoms with Gasteiger partial charge in [-0.25, -0.2) is 8.78 Å². The summed E-state index contributed by atoms with van der Waals surface area (Å²) < 4.78 is 26.7. The summed E-state index contributed by atoms with van der Waals surface area (Å²) in [4.78, 5) is 2.33. The van der Waals surface area contributed by atoms with Crippen LogP contribution in [0.4, 0.5) is 8.78 Å². The molecule has 0 aliphatic rings. The molecule has 108 valence electrons. The number of hydrogen-bond acceptors (Lipinski definition) is 2. The lowest BCUT2D eigenvalue weighted by atomic mass is 10.0. The zero-order chi connectivity index (χ0) is 14.3. The van der Waals surface area contributed by atoms with Crippen LogP contribution in [-0.2, 0) is 6.42 Å². The van der Waals surface area contributed by atoms with E-state index < -0.39 is 0 Å². The van der Waals surface area contributed by atoms with E-state index in [0.29, 0.717) is 12.0 Å². The lowest BCUT2D eigenvalue weighted by molar-refractivity contribution is 0.282. The zero-order valence-electron chi connectivity index (χ0n) is 12.0. The van der Waals surface area contributed by atoms with Crippen LogP contribution in [0.25, 0.3) is 0 Å². The van der Waals surface area contributed by atoms with Crippen molar-refractivity contribution in [1.82, 2.24) is 10.2 Å². The second-order valence-electron chi connectivity index (χ2n) is 4.74. The van der Waals surface area contributed by atoms with Crippen molar-refractivity contribution in [2.24, 2.45) is 0 Å². The Hall–Kier alpha value is -1.00. The van der Waals surface area contributed by atoms with Crippen LogP contribution in [0.2, 0.25) is 0 Å². The van der Waals surface area contributed by atoms with Crippen molar-refractivity contribution >= 4 is 0 Å². The van der Waals surface area contributed by atoms with Gasteiger partial charge in [-0.2, -0.15) is 0 Å². The van der Waals surface area contributed by atoms with E-state index in [9.17, 15) is 8.78 Å². The number of benzene rings is 1. The van der Waals surface area contributed by atoms with Crippen LogP contribution in [0, 0.1) is 11.6 Å². The Bertz CT molecular complexity index is 378. The molecule has 0 saturated carbocycles. The third-order valence-corrected chi connectivity index (χ3v) is 3.57. The van der Waals surface area contributed by atoms with Gasteiger partial charge in [0.25, 0.3) is 0 Å². The zero-order valence-corrected chi connectivity index (χ0v) is 12.0. The van der Waals surface area contributed by atoms with Crippen molar-refractivity contribution in [3.05, 3.63) is 35.4 Å². The Kier molecular flexibility index (Phi) is 6.95. The molecule has 0 fully saturated rings. The molecule has 1 unspecified atom stereocenters. The topological polar surface area (TPSA) is 15.3 Å². The Labute approximate surface area is 114 Å². The molecule has 19 heavy (non-hydrogen) atoms. The largest absolute Gasteiger partial charge is 0.317 e. The van der Waals surface area contributed by atoms with Gasteiger partial charge in [0, 0.05) is 6.04 Å². The van der Waals surface area contributed by atoms with Crippen LogP contribution in [0.1, 0.15) is 25.8 Å². The Balaban J connectivity index is 2.58. The summed E-state index contributed by atoms with van der Waals surface area (Å²) in [6.07, 6.45) is 1.44. The fourth-order valence-corrected chi connectivity index (χ4v) is 2.19. The summed E-state index contributed by atoms with van der Waals surface area (Å²) in [6.45, 7) is 7.26. The highest BCUT2D eigenvalue weighted by atomic mass is 19.1. The monoisotopic (exact) mass is 270 g/mol. The maximum Gasteiger partial charge on any atom is 0.126 e. The van der Waals surface area contributed by atoms with E-state index in [1.165, 1.54) is 12.1 Å². The molecule has 0 aliphatic heterocycles. The van der Waals surface area contributed by atoms with Gasteiger partial charge in [-0.05, 0) is 63.3 Å². The van der Waals surface area contributed by atoms with Gasteiger partial charge in [0.1, 0.15) is 11.6 Å².